The van der Waals surface area contributed by atoms with Gasteiger partial charge in [-0.1, -0.05) is 12.1 Å². The highest BCUT2D eigenvalue weighted by atomic mass is 16.6. The van der Waals surface area contributed by atoms with E-state index in [1.807, 2.05) is 26.8 Å². The zero-order valence-corrected chi connectivity index (χ0v) is 12.6. The van der Waals surface area contributed by atoms with Crippen LogP contribution in [-0.2, 0) is 4.74 Å². The number of aromatic nitrogens is 1. The summed E-state index contributed by atoms with van der Waals surface area (Å²) in [6.07, 6.45) is 1.97. The molecule has 21 heavy (non-hydrogen) atoms. The largest absolute Gasteiger partial charge is 0.443 e. The number of pyridine rings is 1. The number of hydrogen-bond acceptors (Lipinski definition) is 4. The van der Waals surface area contributed by atoms with E-state index < -0.39 is 11.7 Å². The van der Waals surface area contributed by atoms with E-state index in [0.717, 1.165) is 17.1 Å². The van der Waals surface area contributed by atoms with Crippen LogP contribution in [0.15, 0.2) is 30.5 Å². The Kier molecular flexibility index (Phi) is 3.93. The third-order valence-electron chi connectivity index (χ3n) is 2.88. The number of anilines is 1. The number of fused-ring (bicyclic) bond motifs is 1. The highest BCUT2D eigenvalue weighted by Crippen LogP contribution is 2.21. The Labute approximate surface area is 123 Å². The van der Waals surface area contributed by atoms with Crippen molar-refractivity contribution in [3.63, 3.8) is 0 Å². The number of benzene rings is 1. The molecular formula is C16H18N2O3. The first kappa shape index (κ1) is 15.0. The van der Waals surface area contributed by atoms with Crippen molar-refractivity contribution >= 4 is 29.0 Å². The first-order chi connectivity index (χ1) is 9.80. The second-order valence-electron chi connectivity index (χ2n) is 5.81. The van der Waals surface area contributed by atoms with E-state index in [0.29, 0.717) is 11.4 Å². The van der Waals surface area contributed by atoms with Gasteiger partial charge in [-0.15, -0.1) is 0 Å². The average molecular weight is 286 g/mol. The number of amides is 1. The van der Waals surface area contributed by atoms with Crippen LogP contribution in [0.25, 0.3) is 10.8 Å². The summed E-state index contributed by atoms with van der Waals surface area (Å²) in [5, 5.41) is 1.75. The molecule has 1 aromatic heterocycles. The number of carbonyl (C=O) groups is 2. The van der Waals surface area contributed by atoms with Gasteiger partial charge in [-0.2, -0.15) is 0 Å². The highest BCUT2D eigenvalue weighted by molar-refractivity contribution is 5.92. The van der Waals surface area contributed by atoms with Gasteiger partial charge in [0.15, 0.2) is 0 Å². The standard InChI is InChI=1S/C16H18N2O3/c1-16(2,3)21-15(20)18(4)14-8-12-6-5-11(10-19)7-13(12)9-17-14/h5-10H,1-4H3. The summed E-state index contributed by atoms with van der Waals surface area (Å²) in [4.78, 5) is 28.4. The summed E-state index contributed by atoms with van der Waals surface area (Å²) in [6, 6.07) is 7.10. The Bertz CT molecular complexity index is 689. The summed E-state index contributed by atoms with van der Waals surface area (Å²) >= 11 is 0. The maximum absolute atomic E-state index is 12.0. The van der Waals surface area contributed by atoms with Gasteiger partial charge in [0.1, 0.15) is 17.7 Å². The highest BCUT2D eigenvalue weighted by Gasteiger charge is 2.21. The Morgan fingerprint density at radius 2 is 1.95 bits per heavy atom. The molecule has 2 aromatic rings. The molecule has 0 saturated carbocycles. The molecule has 0 unspecified atom stereocenters. The molecule has 2 rings (SSSR count). The van der Waals surface area contributed by atoms with Gasteiger partial charge in [-0.3, -0.25) is 9.69 Å². The van der Waals surface area contributed by atoms with Crippen molar-refractivity contribution in [1.82, 2.24) is 4.98 Å². The molecule has 110 valence electrons. The molecule has 0 aliphatic carbocycles. The van der Waals surface area contributed by atoms with E-state index in [-0.39, 0.29) is 0 Å². The molecule has 1 amide bonds. The molecule has 0 bridgehead atoms. The fraction of sp³-hybridized carbons (Fsp3) is 0.312. The quantitative estimate of drug-likeness (QED) is 0.794. The van der Waals surface area contributed by atoms with E-state index in [1.165, 1.54) is 4.90 Å². The zero-order chi connectivity index (χ0) is 15.6. The van der Waals surface area contributed by atoms with Gasteiger partial charge in [-0.05, 0) is 38.3 Å². The maximum atomic E-state index is 12.0. The van der Waals surface area contributed by atoms with Crippen LogP contribution in [0.3, 0.4) is 0 Å². The van der Waals surface area contributed by atoms with Crippen molar-refractivity contribution in [2.45, 2.75) is 26.4 Å². The molecule has 0 N–H and O–H groups in total. The average Bonchev–Trinajstić information content (AvgIpc) is 2.43. The van der Waals surface area contributed by atoms with E-state index in [1.54, 1.807) is 31.4 Å². The monoisotopic (exact) mass is 286 g/mol. The lowest BCUT2D eigenvalue weighted by atomic mass is 10.1. The minimum Gasteiger partial charge on any atom is -0.443 e. The second-order valence-corrected chi connectivity index (χ2v) is 5.81. The van der Waals surface area contributed by atoms with Crippen molar-refractivity contribution in [1.29, 1.82) is 0 Å². The minimum absolute atomic E-state index is 0.459. The smallest absolute Gasteiger partial charge is 0.415 e. The maximum Gasteiger partial charge on any atom is 0.415 e. The molecule has 1 aromatic carbocycles. The molecule has 0 fully saturated rings. The molecule has 0 aliphatic heterocycles. The number of nitrogens with zero attached hydrogens (tertiary/aromatic N) is 2. The minimum atomic E-state index is -0.555. The van der Waals surface area contributed by atoms with Crippen LogP contribution in [0.5, 0.6) is 0 Å². The predicted octanol–water partition coefficient (Wildman–Crippen LogP) is 3.42. The molecule has 5 heteroatoms. The lowest BCUT2D eigenvalue weighted by Crippen LogP contribution is -2.34. The van der Waals surface area contributed by atoms with Crippen LogP contribution in [0, 0.1) is 0 Å². The molecule has 0 atom stereocenters. The molecule has 5 nitrogen and oxygen atoms in total. The molecule has 0 aliphatic rings. The molecule has 0 spiro atoms. The van der Waals surface area contributed by atoms with Gasteiger partial charge >= 0.3 is 6.09 Å². The van der Waals surface area contributed by atoms with E-state index in [9.17, 15) is 9.59 Å². The van der Waals surface area contributed by atoms with Crippen molar-refractivity contribution in [3.05, 3.63) is 36.0 Å². The van der Waals surface area contributed by atoms with Gasteiger partial charge in [-0.25, -0.2) is 9.78 Å². The third kappa shape index (κ3) is 3.56. The second kappa shape index (κ2) is 5.52. The van der Waals surface area contributed by atoms with Gasteiger partial charge in [0.2, 0.25) is 0 Å². The number of ether oxygens (including phenoxy) is 1. The normalized spacial score (nSPS) is 11.2. The summed E-state index contributed by atoms with van der Waals surface area (Å²) < 4.78 is 5.30. The Morgan fingerprint density at radius 1 is 1.24 bits per heavy atom. The number of rotatable bonds is 2. The summed E-state index contributed by atoms with van der Waals surface area (Å²) in [5.74, 6) is 0.496. The van der Waals surface area contributed by atoms with Crippen LogP contribution in [0.4, 0.5) is 10.6 Å². The lowest BCUT2D eigenvalue weighted by Gasteiger charge is -2.24. The van der Waals surface area contributed by atoms with Crippen molar-refractivity contribution in [3.8, 4) is 0 Å². The van der Waals surface area contributed by atoms with E-state index >= 15 is 0 Å². The third-order valence-corrected chi connectivity index (χ3v) is 2.88. The van der Waals surface area contributed by atoms with Gasteiger partial charge in [0.05, 0.1) is 0 Å². The summed E-state index contributed by atoms with van der Waals surface area (Å²) in [7, 11) is 1.61. The number of aldehydes is 1. The molecule has 1 heterocycles. The molecule has 0 radical (unpaired) electrons. The van der Waals surface area contributed by atoms with Crippen LogP contribution in [0.1, 0.15) is 31.1 Å². The van der Waals surface area contributed by atoms with Gasteiger partial charge in [0.25, 0.3) is 0 Å². The lowest BCUT2D eigenvalue weighted by molar-refractivity contribution is 0.0588. The van der Waals surface area contributed by atoms with Gasteiger partial charge in [0, 0.05) is 24.2 Å². The first-order valence-corrected chi connectivity index (χ1v) is 6.62. The van der Waals surface area contributed by atoms with Crippen LogP contribution < -0.4 is 4.90 Å². The fourth-order valence-corrected chi connectivity index (χ4v) is 1.83. The van der Waals surface area contributed by atoms with Gasteiger partial charge < -0.3 is 4.74 Å². The van der Waals surface area contributed by atoms with Crippen LogP contribution in [-0.4, -0.2) is 30.0 Å². The Morgan fingerprint density at radius 3 is 2.57 bits per heavy atom. The van der Waals surface area contributed by atoms with Crippen molar-refractivity contribution < 1.29 is 14.3 Å². The SMILES string of the molecule is CN(C(=O)OC(C)(C)C)c1cc2ccc(C=O)cc2cn1. The van der Waals surface area contributed by atoms with E-state index in [2.05, 4.69) is 4.98 Å². The summed E-state index contributed by atoms with van der Waals surface area (Å²) in [6.45, 7) is 5.44. The topological polar surface area (TPSA) is 59.5 Å². The Hall–Kier alpha value is -2.43. The van der Waals surface area contributed by atoms with Crippen molar-refractivity contribution in [2.75, 3.05) is 11.9 Å². The predicted molar refractivity (Wildman–Crippen MR) is 81.8 cm³/mol. The summed E-state index contributed by atoms with van der Waals surface area (Å²) in [5.41, 5.74) is 0.0404. The Balaban J connectivity index is 2.30. The molecular weight excluding hydrogens is 268 g/mol. The van der Waals surface area contributed by atoms with Crippen LogP contribution >= 0.6 is 0 Å². The first-order valence-electron chi connectivity index (χ1n) is 6.62. The molecule has 0 saturated heterocycles. The number of carbonyl (C=O) groups excluding carboxylic acids is 2. The van der Waals surface area contributed by atoms with Crippen LogP contribution in [0.2, 0.25) is 0 Å². The fourth-order valence-electron chi connectivity index (χ4n) is 1.83. The zero-order valence-electron chi connectivity index (χ0n) is 12.6. The van der Waals surface area contributed by atoms with E-state index in [4.69, 9.17) is 4.74 Å². The number of hydrogen-bond donors (Lipinski definition) is 0. The van der Waals surface area contributed by atoms with Crippen molar-refractivity contribution in [2.24, 2.45) is 0 Å².